The van der Waals surface area contributed by atoms with E-state index < -0.39 is 9.85 Å². The van der Waals surface area contributed by atoms with Crippen LogP contribution in [0, 0.1) is 72.5 Å². The second-order valence-electron chi connectivity index (χ2n) is 29.2. The molecule has 0 bridgehead atoms. The highest BCUT2D eigenvalue weighted by Gasteiger charge is 2.31. The number of hydrogen-bond acceptors (Lipinski definition) is 21. The Morgan fingerprint density at radius 3 is 1.50 bits per heavy atom. The van der Waals surface area contributed by atoms with Crippen molar-refractivity contribution in [3.8, 4) is 87.2 Å². The van der Waals surface area contributed by atoms with Crippen LogP contribution in [0.3, 0.4) is 0 Å². The zero-order valence-electron chi connectivity index (χ0n) is 71.4. The van der Waals surface area contributed by atoms with E-state index in [1.165, 1.54) is 43.3 Å². The number of carbonyl (C=O) groups is 2. The van der Waals surface area contributed by atoms with Gasteiger partial charge in [-0.25, -0.2) is 0 Å². The Morgan fingerprint density at radius 1 is 0.504 bits per heavy atom. The van der Waals surface area contributed by atoms with Crippen LogP contribution in [0.15, 0.2) is 210 Å². The molecular formula is C95H87N19O13. The Morgan fingerprint density at radius 2 is 0.992 bits per heavy atom. The number of hydrogen-bond donors (Lipinski definition) is 2. The highest BCUT2D eigenvalue weighted by molar-refractivity contribution is 6.07. The summed E-state index contributed by atoms with van der Waals surface area (Å²) in [6.45, 7) is 19.1. The molecule has 32 nitrogen and oxygen atoms in total. The maximum atomic E-state index is 12.5. The van der Waals surface area contributed by atoms with Gasteiger partial charge in [-0.05, 0) is 158 Å². The third-order valence-electron chi connectivity index (χ3n) is 21.8. The molecular weight excluding hydrogens is 1620 g/mol. The number of nitro benzene ring substituents is 2. The minimum Gasteiger partial charge on any atom is -0.497 e. The van der Waals surface area contributed by atoms with Crippen molar-refractivity contribution in [2.24, 2.45) is 0 Å². The van der Waals surface area contributed by atoms with Crippen molar-refractivity contribution in [3.05, 3.63) is 266 Å². The summed E-state index contributed by atoms with van der Waals surface area (Å²) in [6, 6.07) is 59.7. The van der Waals surface area contributed by atoms with E-state index in [2.05, 4.69) is 113 Å². The molecule has 1 fully saturated rings. The molecule has 127 heavy (non-hydrogen) atoms. The van der Waals surface area contributed by atoms with Crippen LogP contribution in [0.5, 0.6) is 28.7 Å². The fourth-order valence-corrected chi connectivity index (χ4v) is 15.3. The smallest absolute Gasteiger partial charge is 0.271 e. The Labute approximate surface area is 727 Å². The van der Waals surface area contributed by atoms with Gasteiger partial charge in [-0.15, -0.1) is 0 Å². The molecule has 19 rings (SSSR count). The minimum absolute atomic E-state index is 0.0523. The second-order valence-corrected chi connectivity index (χ2v) is 29.2. The number of non-ortho nitro benzene ring substituents is 2. The first-order valence-electron chi connectivity index (χ1n) is 40.9. The molecule has 1 saturated carbocycles. The van der Waals surface area contributed by atoms with Crippen molar-refractivity contribution in [3.63, 3.8) is 0 Å². The molecule has 17 aromatic rings. The number of nitro groups is 2. The monoisotopic (exact) mass is 1700 g/mol. The number of carbonyl (C=O) groups excluding carboxylic acids is 2. The molecule has 0 atom stereocenters. The van der Waals surface area contributed by atoms with Crippen molar-refractivity contribution in [2.45, 2.75) is 113 Å². The van der Waals surface area contributed by atoms with E-state index in [9.17, 15) is 45.6 Å². The van der Waals surface area contributed by atoms with Crippen molar-refractivity contribution in [2.75, 3.05) is 38.8 Å². The van der Waals surface area contributed by atoms with Gasteiger partial charge in [-0.3, -0.25) is 29.8 Å². The number of nitriles is 4. The number of aromatic nitrogens is 11. The van der Waals surface area contributed by atoms with Crippen molar-refractivity contribution >= 4 is 100 Å². The van der Waals surface area contributed by atoms with E-state index in [0.29, 0.717) is 92.4 Å². The second kappa shape index (κ2) is 38.1. The Hall–Kier alpha value is -16.7. The first-order chi connectivity index (χ1) is 61.7. The quantitative estimate of drug-likeness (QED) is 0.0561. The highest BCUT2D eigenvalue weighted by Crippen LogP contribution is 2.43. The molecule has 1 aliphatic heterocycles. The van der Waals surface area contributed by atoms with Crippen LogP contribution in [0.25, 0.3) is 99.6 Å². The first-order valence-corrected chi connectivity index (χ1v) is 40.9. The van der Waals surface area contributed by atoms with Crippen molar-refractivity contribution in [1.29, 1.82) is 21.0 Å². The van der Waals surface area contributed by atoms with Gasteiger partial charge < -0.3 is 75.3 Å². The van der Waals surface area contributed by atoms with Gasteiger partial charge in [0.1, 0.15) is 64.3 Å². The van der Waals surface area contributed by atoms with E-state index in [0.717, 1.165) is 145 Å². The maximum Gasteiger partial charge on any atom is 0.271 e. The molecule has 0 saturated heterocycles. The van der Waals surface area contributed by atoms with Crippen molar-refractivity contribution < 1.29 is 52.2 Å². The Bertz CT molecular complexity index is 7210. The number of fused-ring (bicyclic) bond motifs is 7. The van der Waals surface area contributed by atoms with Gasteiger partial charge in [-0.1, -0.05) is 35.4 Å². The SMILES string of the molecule is CCc1nc(-c2cn(CC)c3cc(OC)ccc23)no1.CCn1c(NC(=O)c2ccccc2)c(C#N)c2ccc([N+](=O)[O-])cc21.CCn1c(NC(C)=O)c(C#N)c2ccc([N+](=O)[O-])cc21.CCn1cc(-c2noc(C3CC3)n2)c2ccc(OC)cc21.CCn1cc(C#N)c2ccc(-n3cccc3)cc21.COc1ccc2c(C#N)c(C)n(-c3ccc4c(c3)OCO4)c2c1. The number of ether oxygens (including phenoxy) is 5. The third kappa shape index (κ3) is 17.7. The summed E-state index contributed by atoms with van der Waals surface area (Å²) in [4.78, 5) is 53.6. The number of rotatable bonds is 19. The number of nitrogens with zero attached hydrogens (tertiary/aromatic N) is 17. The number of benzene rings is 8. The topological polar surface area (TPSA) is 398 Å². The van der Waals surface area contributed by atoms with Crippen LogP contribution in [-0.2, 0) is 43.9 Å². The predicted octanol–water partition coefficient (Wildman–Crippen LogP) is 19.8. The highest BCUT2D eigenvalue weighted by atomic mass is 16.7. The fourth-order valence-electron chi connectivity index (χ4n) is 15.3. The molecule has 0 radical (unpaired) electrons. The van der Waals surface area contributed by atoms with E-state index >= 15 is 0 Å². The molecule has 640 valence electrons. The normalized spacial score (nSPS) is 11.6. The molecule has 0 spiro atoms. The molecule has 32 heteroatoms. The van der Waals surface area contributed by atoms with E-state index in [4.69, 9.17) is 38.0 Å². The summed E-state index contributed by atoms with van der Waals surface area (Å²) in [5.74, 6) is 7.21. The zero-order chi connectivity index (χ0) is 89.9. The van der Waals surface area contributed by atoms with Crippen LogP contribution in [0.4, 0.5) is 23.0 Å². The summed E-state index contributed by atoms with van der Waals surface area (Å²) >= 11 is 0. The van der Waals surface area contributed by atoms with E-state index in [1.54, 1.807) is 60.8 Å². The predicted molar refractivity (Wildman–Crippen MR) is 480 cm³/mol. The molecule has 0 unspecified atom stereocenters. The van der Waals surface area contributed by atoms with Gasteiger partial charge in [0.2, 0.25) is 36.1 Å². The number of amides is 2. The van der Waals surface area contributed by atoms with Gasteiger partial charge in [-0.2, -0.15) is 31.0 Å². The Kier molecular flexibility index (Phi) is 26.0. The van der Waals surface area contributed by atoms with Gasteiger partial charge >= 0.3 is 0 Å². The van der Waals surface area contributed by atoms with Crippen LogP contribution >= 0.6 is 0 Å². The molecule has 9 aromatic heterocycles. The third-order valence-corrected chi connectivity index (χ3v) is 21.8. The summed E-state index contributed by atoms with van der Waals surface area (Å²) in [6.07, 6.45) is 13.2. The molecule has 10 heterocycles. The number of aryl methyl sites for hydroxylation is 6. The summed E-state index contributed by atoms with van der Waals surface area (Å²) in [7, 11) is 4.99. The van der Waals surface area contributed by atoms with Crippen LogP contribution in [-0.4, -0.2) is 102 Å². The number of anilines is 2. The van der Waals surface area contributed by atoms with Crippen LogP contribution < -0.4 is 34.3 Å². The first kappa shape index (κ1) is 86.6. The molecule has 2 amide bonds. The van der Waals surface area contributed by atoms with E-state index in [-0.39, 0.29) is 35.5 Å². The molecule has 2 aliphatic rings. The van der Waals surface area contributed by atoms with E-state index in [1.807, 2.05) is 148 Å². The average Bonchev–Trinajstić information content (AvgIpc) is 1.62. The lowest BCUT2D eigenvalue weighted by atomic mass is 10.1. The molecule has 1 aliphatic carbocycles. The summed E-state index contributed by atoms with van der Waals surface area (Å²) in [5, 5.41) is 78.3. The fraction of sp³-hybridized carbons (Fsp3) is 0.221. The standard InChI is InChI=1S/C18H14N4O3.C18H14N2O3.C16H17N3O2.C15H17N3O2.C15H13N3.C13H12N4O3/c1-2-21-16-10-13(22(24)25)8-9-14(16)15(11-19)17(21)20-18(23)12-6-4-3-5-7-12;1-11-15(9-19)14-5-4-13(21-2)8-16(14)20(11)12-3-6-17-18(7-12)23-10-22-17;1-3-19-9-13(12-7-6-11(20-2)8-14(12)19)15-17-16(21-18-15)10-4-5-10;1-4-14-16-15(17-20-14)12-9-18(5-2)13-8-10(19-3)6-7-11(12)13;1-2-17-11-12(10-16)14-6-5-13(9-15(14)17)18-7-3-4-8-18;1-3-16-12-6-9(17(19)20)4-5-10(12)11(7-14)13(16)15-8(2)18/h3-10H,2H2,1H3,(H,20,23);3-8H,10H2,1-2H3;6-10H,3-5H2,1-2H3;6-9H,4-5H2,1-3H3;3-9,11H,2H2,1H3;4-6H,3H2,1-2H3,(H,15,18). The van der Waals surface area contributed by atoms with Gasteiger partial charge in [0.25, 0.3) is 17.3 Å². The number of methoxy groups -OCH3 is 3. The summed E-state index contributed by atoms with van der Waals surface area (Å²) in [5.41, 5.74) is 12.7. The summed E-state index contributed by atoms with van der Waals surface area (Å²) < 4.78 is 51.3. The van der Waals surface area contributed by atoms with Crippen LogP contribution in [0.1, 0.15) is 117 Å². The van der Waals surface area contributed by atoms with Crippen LogP contribution in [0.2, 0.25) is 0 Å². The lowest BCUT2D eigenvalue weighted by molar-refractivity contribution is -0.384. The van der Waals surface area contributed by atoms with Gasteiger partial charge in [0.05, 0.1) is 75.4 Å². The molecule has 8 aromatic carbocycles. The Balaban J connectivity index is 0.000000124. The van der Waals surface area contributed by atoms with Gasteiger partial charge in [0.15, 0.2) is 11.5 Å². The lowest BCUT2D eigenvalue weighted by Gasteiger charge is -2.10. The van der Waals surface area contributed by atoms with Gasteiger partial charge in [0, 0.05) is 198 Å². The molecule has 2 N–H and O–H groups in total. The largest absolute Gasteiger partial charge is 0.497 e. The zero-order valence-corrected chi connectivity index (χ0v) is 71.4. The minimum atomic E-state index is -0.490. The van der Waals surface area contributed by atoms with Crippen molar-refractivity contribution in [1.82, 2.24) is 52.3 Å². The number of nitrogens with one attached hydrogen (secondary N) is 2. The lowest BCUT2D eigenvalue weighted by Crippen LogP contribution is -2.15. The maximum absolute atomic E-state index is 12.5. The average molecular weight is 1700 g/mol.